The van der Waals surface area contributed by atoms with E-state index >= 15 is 0 Å². The number of nitrogens with one attached hydrogen (secondary N) is 1. The predicted molar refractivity (Wildman–Crippen MR) is 112 cm³/mol. The molecule has 0 aliphatic rings. The normalized spacial score (nSPS) is 10.2. The van der Waals surface area contributed by atoms with Crippen LogP contribution in [0.2, 0.25) is 0 Å². The minimum Gasteiger partial charge on any atom is -0.493 e. The van der Waals surface area contributed by atoms with Gasteiger partial charge in [0.1, 0.15) is 12.4 Å². The van der Waals surface area contributed by atoms with E-state index < -0.39 is 0 Å². The van der Waals surface area contributed by atoms with Crippen molar-refractivity contribution in [1.29, 1.82) is 0 Å². The second-order valence-corrected chi connectivity index (χ2v) is 6.43. The lowest BCUT2D eigenvalue weighted by Crippen LogP contribution is -2.20. The number of carbonyl (C=O) groups is 2. The van der Waals surface area contributed by atoms with E-state index in [1.54, 1.807) is 62.0 Å². The molecule has 7 heteroatoms. The molecule has 0 bridgehead atoms. The highest BCUT2D eigenvalue weighted by Gasteiger charge is 2.10. The fourth-order valence-corrected chi connectivity index (χ4v) is 2.64. The van der Waals surface area contributed by atoms with Crippen LogP contribution in [0.15, 0.2) is 67.0 Å². The molecule has 0 aliphatic carbocycles. The third-order valence-electron chi connectivity index (χ3n) is 4.20. The van der Waals surface area contributed by atoms with E-state index in [2.05, 4.69) is 10.3 Å². The van der Waals surface area contributed by atoms with Crippen LogP contribution in [0.4, 0.5) is 5.69 Å². The number of hydrogen-bond donors (Lipinski definition) is 1. The van der Waals surface area contributed by atoms with Gasteiger partial charge in [0.05, 0.1) is 7.11 Å². The maximum Gasteiger partial charge on any atom is 0.262 e. The van der Waals surface area contributed by atoms with E-state index in [4.69, 9.17) is 14.2 Å². The van der Waals surface area contributed by atoms with Crippen LogP contribution in [0.5, 0.6) is 17.2 Å². The Bertz CT molecular complexity index is 1000. The Morgan fingerprint density at radius 2 is 1.80 bits per heavy atom. The molecule has 7 nitrogen and oxygen atoms in total. The molecule has 154 valence electrons. The second kappa shape index (κ2) is 10.1. The Labute approximate surface area is 174 Å². The van der Waals surface area contributed by atoms with Crippen LogP contribution in [0, 0.1) is 0 Å². The molecule has 0 radical (unpaired) electrons. The zero-order valence-electron chi connectivity index (χ0n) is 16.8. The average Bonchev–Trinajstić information content (AvgIpc) is 2.77. The van der Waals surface area contributed by atoms with Gasteiger partial charge in [-0.25, -0.2) is 0 Å². The maximum absolute atomic E-state index is 12.2. The van der Waals surface area contributed by atoms with Gasteiger partial charge in [-0.1, -0.05) is 6.07 Å². The molecule has 1 N–H and O–H groups in total. The lowest BCUT2D eigenvalue weighted by Gasteiger charge is -2.13. The molecule has 0 saturated heterocycles. The van der Waals surface area contributed by atoms with Crippen LogP contribution in [0.3, 0.4) is 0 Å². The van der Waals surface area contributed by atoms with Crippen molar-refractivity contribution in [3.63, 3.8) is 0 Å². The monoisotopic (exact) mass is 406 g/mol. The molecule has 1 heterocycles. The summed E-state index contributed by atoms with van der Waals surface area (Å²) in [4.78, 5) is 27.6. The minimum absolute atomic E-state index is 0.0275. The Morgan fingerprint density at radius 3 is 2.47 bits per heavy atom. The molecular weight excluding hydrogens is 384 g/mol. The number of ketones is 1. The summed E-state index contributed by atoms with van der Waals surface area (Å²) in [6, 6.07) is 15.5. The summed E-state index contributed by atoms with van der Waals surface area (Å²) >= 11 is 0. The van der Waals surface area contributed by atoms with Crippen LogP contribution < -0.4 is 19.5 Å². The number of methoxy groups -OCH3 is 1. The lowest BCUT2D eigenvalue weighted by atomic mass is 10.1. The van der Waals surface area contributed by atoms with Gasteiger partial charge in [-0.15, -0.1) is 0 Å². The number of Topliss-reactive ketones (excluding diaryl/α,β-unsaturated/α-hetero) is 1. The molecule has 30 heavy (non-hydrogen) atoms. The smallest absolute Gasteiger partial charge is 0.262 e. The van der Waals surface area contributed by atoms with Crippen molar-refractivity contribution in [1.82, 2.24) is 4.98 Å². The quantitative estimate of drug-likeness (QED) is 0.543. The SMILES string of the molecule is COc1ccc(NC(=O)COc2ccc(C(C)=O)cc2)cc1OCc1cccnc1. The number of ether oxygens (including phenoxy) is 3. The molecule has 0 fully saturated rings. The highest BCUT2D eigenvalue weighted by Crippen LogP contribution is 2.31. The van der Waals surface area contributed by atoms with E-state index in [1.165, 1.54) is 6.92 Å². The highest BCUT2D eigenvalue weighted by atomic mass is 16.5. The first kappa shape index (κ1) is 20.9. The van der Waals surface area contributed by atoms with Crippen molar-refractivity contribution < 1.29 is 23.8 Å². The molecule has 2 aromatic carbocycles. The molecule has 0 atom stereocenters. The standard InChI is InChI=1S/C23H22N2O5/c1-16(26)18-5-8-20(9-6-18)29-15-23(27)25-19-7-10-21(28-2)22(12-19)30-14-17-4-3-11-24-13-17/h3-13H,14-15H2,1-2H3,(H,25,27). The zero-order chi connectivity index (χ0) is 21.3. The first-order valence-electron chi connectivity index (χ1n) is 9.28. The Kier molecular flexibility index (Phi) is 7.00. The minimum atomic E-state index is -0.325. The summed E-state index contributed by atoms with van der Waals surface area (Å²) in [6.07, 6.45) is 3.42. The molecule has 0 saturated carbocycles. The van der Waals surface area contributed by atoms with Crippen molar-refractivity contribution in [2.24, 2.45) is 0 Å². The van der Waals surface area contributed by atoms with Gasteiger partial charge in [-0.05, 0) is 49.4 Å². The molecule has 1 amide bonds. The average molecular weight is 406 g/mol. The van der Waals surface area contributed by atoms with Crippen molar-refractivity contribution in [3.8, 4) is 17.2 Å². The zero-order valence-corrected chi connectivity index (χ0v) is 16.8. The van der Waals surface area contributed by atoms with E-state index in [9.17, 15) is 9.59 Å². The summed E-state index contributed by atoms with van der Waals surface area (Å²) in [5.74, 6) is 1.21. The molecule has 0 aliphatic heterocycles. The van der Waals surface area contributed by atoms with Gasteiger partial charge in [0.2, 0.25) is 0 Å². The number of aromatic nitrogens is 1. The second-order valence-electron chi connectivity index (χ2n) is 6.43. The van der Waals surface area contributed by atoms with Gasteiger partial charge in [0.25, 0.3) is 5.91 Å². The van der Waals surface area contributed by atoms with Gasteiger partial charge in [-0.2, -0.15) is 0 Å². The number of rotatable bonds is 9. The molecule has 3 rings (SSSR count). The van der Waals surface area contributed by atoms with Crippen LogP contribution in [-0.2, 0) is 11.4 Å². The third kappa shape index (κ3) is 5.81. The largest absolute Gasteiger partial charge is 0.493 e. The number of pyridine rings is 1. The topological polar surface area (TPSA) is 86.8 Å². The molecule has 0 unspecified atom stereocenters. The van der Waals surface area contributed by atoms with Gasteiger partial charge in [0.15, 0.2) is 23.9 Å². The number of carbonyl (C=O) groups excluding carboxylic acids is 2. The van der Waals surface area contributed by atoms with Crippen molar-refractivity contribution >= 4 is 17.4 Å². The first-order chi connectivity index (χ1) is 14.5. The van der Waals surface area contributed by atoms with Crippen molar-refractivity contribution in [2.45, 2.75) is 13.5 Å². The van der Waals surface area contributed by atoms with Gasteiger partial charge in [0, 0.05) is 35.3 Å². The van der Waals surface area contributed by atoms with Gasteiger partial charge < -0.3 is 19.5 Å². The summed E-state index contributed by atoms with van der Waals surface area (Å²) < 4.78 is 16.6. The van der Waals surface area contributed by atoms with Gasteiger partial charge >= 0.3 is 0 Å². The van der Waals surface area contributed by atoms with Crippen LogP contribution in [0.1, 0.15) is 22.8 Å². The Hall–Kier alpha value is -3.87. The lowest BCUT2D eigenvalue weighted by molar-refractivity contribution is -0.118. The number of nitrogens with zero attached hydrogens (tertiary/aromatic N) is 1. The predicted octanol–water partition coefficient (Wildman–Crippen LogP) is 3.89. The Morgan fingerprint density at radius 1 is 1.00 bits per heavy atom. The highest BCUT2D eigenvalue weighted by molar-refractivity contribution is 5.94. The maximum atomic E-state index is 12.2. The third-order valence-corrected chi connectivity index (χ3v) is 4.20. The van der Waals surface area contributed by atoms with Crippen molar-refractivity contribution in [3.05, 3.63) is 78.1 Å². The number of hydrogen-bond acceptors (Lipinski definition) is 6. The Balaban J connectivity index is 1.58. The first-order valence-corrected chi connectivity index (χ1v) is 9.28. The van der Waals surface area contributed by atoms with Crippen molar-refractivity contribution in [2.75, 3.05) is 19.0 Å². The van der Waals surface area contributed by atoms with E-state index in [-0.39, 0.29) is 18.3 Å². The summed E-state index contributed by atoms with van der Waals surface area (Å²) in [7, 11) is 1.55. The summed E-state index contributed by atoms with van der Waals surface area (Å²) in [5, 5.41) is 2.77. The summed E-state index contributed by atoms with van der Waals surface area (Å²) in [5.41, 5.74) is 2.06. The fraction of sp³-hybridized carbons (Fsp3) is 0.174. The number of amides is 1. The molecule has 1 aromatic heterocycles. The van der Waals surface area contributed by atoms with E-state index in [0.29, 0.717) is 35.1 Å². The van der Waals surface area contributed by atoms with Crippen LogP contribution in [0.25, 0.3) is 0 Å². The van der Waals surface area contributed by atoms with E-state index in [1.807, 2.05) is 12.1 Å². The molecule has 0 spiro atoms. The fourth-order valence-electron chi connectivity index (χ4n) is 2.64. The molecule has 3 aromatic rings. The van der Waals surface area contributed by atoms with Gasteiger partial charge in [-0.3, -0.25) is 14.6 Å². The summed E-state index contributed by atoms with van der Waals surface area (Å²) in [6.45, 7) is 1.64. The van der Waals surface area contributed by atoms with Crippen LogP contribution >= 0.6 is 0 Å². The van der Waals surface area contributed by atoms with Crippen LogP contribution in [-0.4, -0.2) is 30.4 Å². The number of anilines is 1. The molecular formula is C23H22N2O5. The number of benzene rings is 2. The van der Waals surface area contributed by atoms with E-state index in [0.717, 1.165) is 5.56 Å².